The van der Waals surface area contributed by atoms with Crippen molar-refractivity contribution in [3.63, 3.8) is 0 Å². The average Bonchev–Trinajstić information content (AvgIpc) is 2.17. The molecular weight excluding hydrogens is 300 g/mol. The largest absolute Gasteiger partial charge is 0.350 e. The van der Waals surface area contributed by atoms with Crippen molar-refractivity contribution < 1.29 is 9.47 Å². The number of piperidine rings is 2. The summed E-state index contributed by atoms with van der Waals surface area (Å²) in [5, 5.41) is 7.42. The molecule has 2 rings (SSSR count). The van der Waals surface area contributed by atoms with Gasteiger partial charge < -0.3 is 20.1 Å². The summed E-state index contributed by atoms with van der Waals surface area (Å²) in [5.74, 6) is 0. The van der Waals surface area contributed by atoms with Crippen LogP contribution in [0.25, 0.3) is 0 Å². The van der Waals surface area contributed by atoms with Crippen LogP contribution in [0.5, 0.6) is 0 Å². The summed E-state index contributed by atoms with van der Waals surface area (Å²) in [7, 11) is 0. The van der Waals surface area contributed by atoms with Gasteiger partial charge in [0.25, 0.3) is 0 Å². The van der Waals surface area contributed by atoms with Crippen LogP contribution in [0.1, 0.15) is 88.0 Å². The van der Waals surface area contributed by atoms with E-state index in [0.29, 0.717) is 0 Å². The summed E-state index contributed by atoms with van der Waals surface area (Å²) in [6.45, 7) is 20.1. The minimum Gasteiger partial charge on any atom is -0.350 e. The summed E-state index contributed by atoms with van der Waals surface area (Å²) >= 11 is 0. The molecule has 2 fully saturated rings. The predicted molar refractivity (Wildman–Crippen MR) is 100 cm³/mol. The molecule has 0 spiro atoms. The molecule has 142 valence electrons. The fraction of sp³-hybridized carbons (Fsp3) is 1.00. The van der Waals surface area contributed by atoms with Gasteiger partial charge in [-0.1, -0.05) is 0 Å². The van der Waals surface area contributed by atoms with Gasteiger partial charge in [0.15, 0.2) is 6.29 Å². The third-order valence-electron chi connectivity index (χ3n) is 5.07. The van der Waals surface area contributed by atoms with Crippen molar-refractivity contribution >= 4 is 0 Å². The maximum atomic E-state index is 6.32. The molecule has 2 saturated heterocycles. The molecule has 0 amide bonds. The van der Waals surface area contributed by atoms with Gasteiger partial charge in [-0.25, -0.2) is 0 Å². The molecule has 2 aliphatic heterocycles. The first-order valence-electron chi connectivity index (χ1n) is 9.57. The van der Waals surface area contributed by atoms with Gasteiger partial charge in [-0.15, -0.1) is 0 Å². The van der Waals surface area contributed by atoms with E-state index in [0.717, 1.165) is 25.7 Å². The smallest absolute Gasteiger partial charge is 0.155 e. The molecular formula is C20H40N2O2. The van der Waals surface area contributed by atoms with Crippen LogP contribution in [0.15, 0.2) is 0 Å². The standard InChI is InChI=1S/C20H40N2O2/c1-14(23-15-10-17(2,3)21-18(4,5)11-15)24-16-12-19(6,7)22-20(8,9)13-16/h14-16,21-22H,10-13H2,1-9H3. The zero-order valence-corrected chi connectivity index (χ0v) is 17.4. The van der Waals surface area contributed by atoms with E-state index < -0.39 is 0 Å². The van der Waals surface area contributed by atoms with Crippen LogP contribution < -0.4 is 10.6 Å². The normalized spacial score (nSPS) is 29.8. The maximum absolute atomic E-state index is 6.32. The Bertz CT molecular complexity index is 371. The second kappa shape index (κ2) is 6.53. The average molecular weight is 341 g/mol. The monoisotopic (exact) mass is 340 g/mol. The van der Waals surface area contributed by atoms with Gasteiger partial charge in [0.1, 0.15) is 0 Å². The van der Waals surface area contributed by atoms with E-state index in [1.807, 2.05) is 0 Å². The number of rotatable bonds is 4. The molecule has 24 heavy (non-hydrogen) atoms. The van der Waals surface area contributed by atoms with Crippen molar-refractivity contribution in [2.24, 2.45) is 0 Å². The lowest BCUT2D eigenvalue weighted by atomic mass is 9.81. The van der Waals surface area contributed by atoms with Crippen molar-refractivity contribution in [1.29, 1.82) is 0 Å². The summed E-state index contributed by atoms with van der Waals surface area (Å²) in [4.78, 5) is 0. The topological polar surface area (TPSA) is 42.5 Å². The molecule has 0 aromatic rings. The van der Waals surface area contributed by atoms with Crippen LogP contribution in [-0.2, 0) is 9.47 Å². The summed E-state index contributed by atoms with van der Waals surface area (Å²) in [6, 6.07) is 0. The molecule has 0 aromatic carbocycles. The lowest BCUT2D eigenvalue weighted by Gasteiger charge is -2.48. The van der Waals surface area contributed by atoms with Crippen LogP contribution in [0, 0.1) is 0 Å². The Morgan fingerprint density at radius 3 is 1.12 bits per heavy atom. The summed E-state index contributed by atoms with van der Waals surface area (Å²) < 4.78 is 12.6. The Labute approximate surface area is 149 Å². The third-order valence-corrected chi connectivity index (χ3v) is 5.07. The molecule has 2 heterocycles. The van der Waals surface area contributed by atoms with Crippen molar-refractivity contribution in [1.82, 2.24) is 10.6 Å². The van der Waals surface area contributed by atoms with Crippen LogP contribution >= 0.6 is 0 Å². The second-order valence-electron chi connectivity index (χ2n) is 10.7. The van der Waals surface area contributed by atoms with Crippen molar-refractivity contribution in [3.8, 4) is 0 Å². The number of nitrogens with one attached hydrogen (secondary N) is 2. The Balaban J connectivity index is 1.92. The Hall–Kier alpha value is -0.160. The van der Waals surface area contributed by atoms with Gasteiger partial charge >= 0.3 is 0 Å². The van der Waals surface area contributed by atoms with Gasteiger partial charge in [0, 0.05) is 22.2 Å². The molecule has 0 saturated carbocycles. The molecule has 4 heteroatoms. The fourth-order valence-corrected chi connectivity index (χ4v) is 5.22. The number of hydrogen-bond donors (Lipinski definition) is 2. The van der Waals surface area contributed by atoms with E-state index in [9.17, 15) is 0 Å². The number of hydrogen-bond acceptors (Lipinski definition) is 4. The third kappa shape index (κ3) is 5.98. The zero-order valence-electron chi connectivity index (χ0n) is 17.4. The highest BCUT2D eigenvalue weighted by atomic mass is 16.7. The quantitative estimate of drug-likeness (QED) is 0.760. The Kier molecular flexibility index (Phi) is 5.49. The minimum atomic E-state index is -0.158. The number of ether oxygens (including phenoxy) is 2. The van der Waals surface area contributed by atoms with E-state index in [4.69, 9.17) is 9.47 Å². The summed E-state index contributed by atoms with van der Waals surface area (Å²) in [6.07, 6.45) is 4.42. The van der Waals surface area contributed by atoms with Gasteiger partial charge in [0.05, 0.1) is 12.2 Å². The van der Waals surface area contributed by atoms with Crippen LogP contribution in [0.2, 0.25) is 0 Å². The molecule has 0 bridgehead atoms. The first-order chi connectivity index (χ1) is 10.7. The van der Waals surface area contributed by atoms with E-state index in [1.54, 1.807) is 0 Å². The maximum Gasteiger partial charge on any atom is 0.155 e. The minimum absolute atomic E-state index is 0.102. The highest BCUT2D eigenvalue weighted by Crippen LogP contribution is 2.33. The molecule has 0 aliphatic carbocycles. The highest BCUT2D eigenvalue weighted by Gasteiger charge is 2.41. The molecule has 0 radical (unpaired) electrons. The highest BCUT2D eigenvalue weighted by molar-refractivity contribution is 4.99. The lowest BCUT2D eigenvalue weighted by molar-refractivity contribution is -0.208. The van der Waals surface area contributed by atoms with Gasteiger partial charge in [-0.05, 0) is 88.0 Å². The van der Waals surface area contributed by atoms with E-state index in [1.165, 1.54) is 0 Å². The second-order valence-corrected chi connectivity index (χ2v) is 10.7. The van der Waals surface area contributed by atoms with Crippen molar-refractivity contribution in [3.05, 3.63) is 0 Å². The van der Waals surface area contributed by atoms with Crippen molar-refractivity contribution in [2.45, 2.75) is 129 Å². The first kappa shape index (κ1) is 20.2. The van der Waals surface area contributed by atoms with E-state index in [2.05, 4.69) is 72.9 Å². The van der Waals surface area contributed by atoms with Gasteiger partial charge in [-0.3, -0.25) is 0 Å². The lowest BCUT2D eigenvalue weighted by Crippen LogP contribution is -2.60. The Morgan fingerprint density at radius 2 is 0.875 bits per heavy atom. The van der Waals surface area contributed by atoms with Crippen molar-refractivity contribution in [2.75, 3.05) is 0 Å². The molecule has 0 aromatic heterocycles. The molecule has 2 N–H and O–H groups in total. The molecule has 2 aliphatic rings. The van der Waals surface area contributed by atoms with Gasteiger partial charge in [-0.2, -0.15) is 0 Å². The van der Waals surface area contributed by atoms with E-state index in [-0.39, 0.29) is 40.7 Å². The fourth-order valence-electron chi connectivity index (χ4n) is 5.22. The first-order valence-corrected chi connectivity index (χ1v) is 9.57. The Morgan fingerprint density at radius 1 is 0.625 bits per heavy atom. The van der Waals surface area contributed by atoms with Crippen LogP contribution in [0.4, 0.5) is 0 Å². The predicted octanol–water partition coefficient (Wildman–Crippen LogP) is 3.98. The van der Waals surface area contributed by atoms with Gasteiger partial charge in [0.2, 0.25) is 0 Å². The molecule has 0 unspecified atom stereocenters. The zero-order chi connectivity index (χ0) is 18.4. The molecule has 4 nitrogen and oxygen atoms in total. The molecule has 0 atom stereocenters. The van der Waals surface area contributed by atoms with E-state index >= 15 is 0 Å². The summed E-state index contributed by atoms with van der Waals surface area (Å²) in [5.41, 5.74) is 0.408. The van der Waals surface area contributed by atoms with Crippen LogP contribution in [0.3, 0.4) is 0 Å². The SMILES string of the molecule is CC(OC1CC(C)(C)NC(C)(C)C1)OC1CC(C)(C)NC(C)(C)C1. The van der Waals surface area contributed by atoms with Crippen LogP contribution in [-0.4, -0.2) is 40.7 Å².